The van der Waals surface area contributed by atoms with Gasteiger partial charge in [-0.25, -0.2) is 4.39 Å². The van der Waals surface area contributed by atoms with Crippen LogP contribution in [0.15, 0.2) is 28.8 Å². The molecular weight excluding hydrogens is 335 g/mol. The second-order valence-electron chi connectivity index (χ2n) is 7.29. The molecule has 1 N–H and O–H groups in total. The minimum atomic E-state index is -0.194. The van der Waals surface area contributed by atoms with Gasteiger partial charge in [-0.15, -0.1) is 0 Å². The molecule has 0 bridgehead atoms. The lowest BCUT2D eigenvalue weighted by Crippen LogP contribution is -2.51. The van der Waals surface area contributed by atoms with Crippen molar-refractivity contribution in [2.45, 2.75) is 44.7 Å². The molecule has 7 heteroatoms. The molecule has 1 amide bonds. The molecule has 1 saturated carbocycles. The maximum Gasteiger partial charge on any atom is 0.231 e. The van der Waals surface area contributed by atoms with Gasteiger partial charge in [-0.2, -0.15) is 4.98 Å². The maximum atomic E-state index is 14.0. The fourth-order valence-electron chi connectivity index (χ4n) is 3.58. The summed E-state index contributed by atoms with van der Waals surface area (Å²) in [5.41, 5.74) is 0.673. The van der Waals surface area contributed by atoms with Gasteiger partial charge in [0.15, 0.2) is 5.82 Å². The predicted octanol–water partition coefficient (Wildman–Crippen LogP) is 2.40. The van der Waals surface area contributed by atoms with E-state index in [1.54, 1.807) is 19.1 Å². The van der Waals surface area contributed by atoms with Crippen molar-refractivity contribution in [3.8, 4) is 0 Å². The molecule has 2 atom stereocenters. The summed E-state index contributed by atoms with van der Waals surface area (Å²) in [7, 11) is 0. The van der Waals surface area contributed by atoms with Gasteiger partial charge in [0.1, 0.15) is 5.82 Å². The normalized spacial score (nSPS) is 23.8. The fraction of sp³-hybridized carbons (Fsp3) is 0.526. The summed E-state index contributed by atoms with van der Waals surface area (Å²) in [5.74, 6) is 1.22. The molecule has 2 fully saturated rings. The van der Waals surface area contributed by atoms with Crippen molar-refractivity contribution < 1.29 is 13.7 Å². The van der Waals surface area contributed by atoms with Gasteiger partial charge in [0.05, 0.1) is 12.0 Å². The Morgan fingerprint density at radius 1 is 1.35 bits per heavy atom. The van der Waals surface area contributed by atoms with Crippen molar-refractivity contribution in [2.75, 3.05) is 13.1 Å². The number of benzene rings is 1. The summed E-state index contributed by atoms with van der Waals surface area (Å²) in [6.45, 7) is 3.74. The summed E-state index contributed by atoms with van der Waals surface area (Å²) in [6, 6.07) is 6.72. The van der Waals surface area contributed by atoms with Gasteiger partial charge >= 0.3 is 0 Å². The first-order valence-electron chi connectivity index (χ1n) is 9.16. The molecule has 4 rings (SSSR count). The summed E-state index contributed by atoms with van der Waals surface area (Å²) < 4.78 is 19.4. The number of halogens is 1. The Labute approximate surface area is 151 Å². The van der Waals surface area contributed by atoms with Crippen LogP contribution >= 0.6 is 0 Å². The minimum Gasteiger partial charge on any atom is -0.351 e. The van der Waals surface area contributed by atoms with Gasteiger partial charge in [0, 0.05) is 24.6 Å². The van der Waals surface area contributed by atoms with E-state index in [0.29, 0.717) is 30.4 Å². The number of aryl methyl sites for hydroxylation is 1. The molecule has 1 aliphatic carbocycles. The number of piperidine rings is 1. The van der Waals surface area contributed by atoms with E-state index in [2.05, 4.69) is 20.4 Å². The zero-order valence-electron chi connectivity index (χ0n) is 14.8. The average molecular weight is 358 g/mol. The number of likely N-dealkylation sites (tertiary alicyclic amines) is 1. The molecule has 1 aliphatic heterocycles. The fourth-order valence-corrected chi connectivity index (χ4v) is 3.58. The lowest BCUT2D eigenvalue weighted by molar-refractivity contribution is -0.123. The second-order valence-corrected chi connectivity index (χ2v) is 7.29. The van der Waals surface area contributed by atoms with Crippen LogP contribution in [0.1, 0.15) is 42.5 Å². The number of carbonyl (C=O) groups excluding carboxylic acids is 1. The van der Waals surface area contributed by atoms with Crippen molar-refractivity contribution in [3.63, 3.8) is 0 Å². The van der Waals surface area contributed by atoms with Gasteiger partial charge in [0.25, 0.3) is 0 Å². The van der Waals surface area contributed by atoms with Crippen molar-refractivity contribution in [2.24, 2.45) is 5.92 Å². The van der Waals surface area contributed by atoms with E-state index in [1.807, 2.05) is 6.07 Å². The minimum absolute atomic E-state index is 0.00392. The topological polar surface area (TPSA) is 71.3 Å². The van der Waals surface area contributed by atoms with Crippen molar-refractivity contribution in [1.29, 1.82) is 0 Å². The summed E-state index contributed by atoms with van der Waals surface area (Å²) >= 11 is 0. The first kappa shape index (κ1) is 17.1. The molecule has 2 aliphatic rings. The smallest absolute Gasteiger partial charge is 0.231 e. The quantitative estimate of drug-likeness (QED) is 0.889. The molecule has 0 radical (unpaired) electrons. The first-order chi connectivity index (χ1) is 12.6. The Bertz CT molecular complexity index is 789. The van der Waals surface area contributed by atoms with Crippen LogP contribution in [0.25, 0.3) is 0 Å². The first-order valence-corrected chi connectivity index (χ1v) is 9.16. The molecule has 0 spiro atoms. The van der Waals surface area contributed by atoms with E-state index in [4.69, 9.17) is 4.52 Å². The molecule has 2 aromatic rings. The molecule has 1 saturated heterocycles. The zero-order valence-corrected chi connectivity index (χ0v) is 14.8. The van der Waals surface area contributed by atoms with Crippen LogP contribution in [0.3, 0.4) is 0 Å². The monoisotopic (exact) mass is 358 g/mol. The molecule has 138 valence electrons. The third-order valence-corrected chi connectivity index (χ3v) is 5.18. The largest absolute Gasteiger partial charge is 0.351 e. The van der Waals surface area contributed by atoms with E-state index in [9.17, 15) is 9.18 Å². The highest BCUT2D eigenvalue weighted by atomic mass is 19.1. The summed E-state index contributed by atoms with van der Waals surface area (Å²) in [6.07, 6.45) is 2.70. The molecule has 0 unspecified atom stereocenters. The third-order valence-electron chi connectivity index (χ3n) is 5.18. The van der Waals surface area contributed by atoms with E-state index < -0.39 is 0 Å². The van der Waals surface area contributed by atoms with Crippen LogP contribution < -0.4 is 5.32 Å². The van der Waals surface area contributed by atoms with Gasteiger partial charge < -0.3 is 9.84 Å². The van der Waals surface area contributed by atoms with Crippen LogP contribution in [0.4, 0.5) is 4.39 Å². The van der Waals surface area contributed by atoms with Gasteiger partial charge in [0.2, 0.25) is 11.8 Å². The van der Waals surface area contributed by atoms with E-state index >= 15 is 0 Å². The number of hydrogen-bond donors (Lipinski definition) is 1. The van der Waals surface area contributed by atoms with E-state index in [0.717, 1.165) is 25.8 Å². The molecular formula is C19H23FN4O2. The van der Waals surface area contributed by atoms with Crippen LogP contribution in [0.2, 0.25) is 0 Å². The number of carbonyl (C=O) groups is 1. The summed E-state index contributed by atoms with van der Waals surface area (Å²) in [5, 5.41) is 7.06. The number of nitrogens with one attached hydrogen (secondary N) is 1. The maximum absolute atomic E-state index is 14.0. The Kier molecular flexibility index (Phi) is 4.72. The number of hydrogen-bond acceptors (Lipinski definition) is 5. The Morgan fingerprint density at radius 3 is 2.85 bits per heavy atom. The molecule has 1 aromatic heterocycles. The van der Waals surface area contributed by atoms with Crippen LogP contribution in [0.5, 0.6) is 0 Å². The van der Waals surface area contributed by atoms with Crippen molar-refractivity contribution >= 4 is 5.91 Å². The predicted molar refractivity (Wildman–Crippen MR) is 92.7 cm³/mol. The van der Waals surface area contributed by atoms with Crippen molar-refractivity contribution in [3.05, 3.63) is 47.4 Å². The van der Waals surface area contributed by atoms with Gasteiger partial charge in [-0.05, 0) is 38.8 Å². The number of nitrogens with zero attached hydrogens (tertiary/aromatic N) is 3. The number of amides is 1. The number of aromatic nitrogens is 2. The molecule has 2 heterocycles. The summed E-state index contributed by atoms with van der Waals surface area (Å²) in [4.78, 5) is 18.9. The Hall–Kier alpha value is -2.28. The lowest BCUT2D eigenvalue weighted by Gasteiger charge is -2.37. The molecule has 6 nitrogen and oxygen atoms in total. The Morgan fingerprint density at radius 2 is 2.15 bits per heavy atom. The SMILES string of the molecule is Cc1noc([C@H]2CCN(Cc3ccccc3F)C[C@H]2NC(=O)C2CC2)n1. The van der Waals surface area contributed by atoms with Crippen LogP contribution in [-0.2, 0) is 11.3 Å². The van der Waals surface area contributed by atoms with Crippen LogP contribution in [0, 0.1) is 18.7 Å². The lowest BCUT2D eigenvalue weighted by atomic mass is 9.90. The average Bonchev–Trinajstić information content (AvgIpc) is 3.39. The third kappa shape index (κ3) is 3.77. The highest BCUT2D eigenvalue weighted by Gasteiger charge is 2.38. The van der Waals surface area contributed by atoms with E-state index in [-0.39, 0.29) is 29.6 Å². The van der Waals surface area contributed by atoms with Gasteiger partial charge in [-0.3, -0.25) is 9.69 Å². The molecule has 1 aromatic carbocycles. The second kappa shape index (κ2) is 7.15. The zero-order chi connectivity index (χ0) is 18.1. The molecule has 26 heavy (non-hydrogen) atoms. The highest BCUT2D eigenvalue weighted by Crippen LogP contribution is 2.32. The highest BCUT2D eigenvalue weighted by molar-refractivity contribution is 5.81. The Balaban J connectivity index is 1.49. The van der Waals surface area contributed by atoms with Gasteiger partial charge in [-0.1, -0.05) is 23.4 Å². The standard InChI is InChI=1S/C19H23FN4O2/c1-12-21-19(26-23-12)15-8-9-24(10-14-4-2-3-5-16(14)20)11-17(15)22-18(25)13-6-7-13/h2-5,13,15,17H,6-11H2,1H3,(H,22,25)/t15-,17+/m0/s1. The van der Waals surface area contributed by atoms with Crippen molar-refractivity contribution in [1.82, 2.24) is 20.4 Å². The van der Waals surface area contributed by atoms with Crippen LogP contribution in [-0.4, -0.2) is 40.1 Å². The number of rotatable bonds is 5. The van der Waals surface area contributed by atoms with E-state index in [1.165, 1.54) is 6.07 Å².